The van der Waals surface area contributed by atoms with Crippen molar-refractivity contribution < 1.29 is 13.6 Å². The third-order valence-electron chi connectivity index (χ3n) is 7.23. The molecule has 1 aliphatic carbocycles. The van der Waals surface area contributed by atoms with Crippen molar-refractivity contribution in [2.24, 2.45) is 28.3 Å². The summed E-state index contributed by atoms with van der Waals surface area (Å²) in [6, 6.07) is 21.9. The van der Waals surface area contributed by atoms with Gasteiger partial charge in [0, 0.05) is 31.1 Å². The van der Waals surface area contributed by atoms with E-state index in [2.05, 4.69) is 4.99 Å². The molecule has 4 N–H and O–H groups in total. The highest BCUT2D eigenvalue weighted by Gasteiger charge is 2.28. The maximum absolute atomic E-state index is 13.7. The van der Waals surface area contributed by atoms with E-state index < -0.39 is 0 Å². The molecule has 1 amide bonds. The minimum atomic E-state index is -0.323. The number of aliphatic imine (C=N–C) groups is 1. The van der Waals surface area contributed by atoms with Crippen LogP contribution in [0, 0.1) is 23.5 Å². The Balaban J connectivity index is 1.58. The Labute approximate surface area is 217 Å². The molecule has 0 radical (unpaired) electrons. The number of hydrogen-bond acceptors (Lipinski definition) is 2. The van der Waals surface area contributed by atoms with Crippen LogP contribution < -0.4 is 11.5 Å². The second-order valence-electron chi connectivity index (χ2n) is 9.88. The predicted octanol–water partition coefficient (Wildman–Crippen LogP) is 5.32. The van der Waals surface area contributed by atoms with Crippen molar-refractivity contribution in [1.29, 1.82) is 0 Å². The summed E-state index contributed by atoms with van der Waals surface area (Å²) in [4.78, 5) is 19.8. The molecule has 1 fully saturated rings. The zero-order valence-electron chi connectivity index (χ0n) is 20.9. The van der Waals surface area contributed by atoms with E-state index in [1.54, 1.807) is 24.3 Å². The number of benzene rings is 3. The van der Waals surface area contributed by atoms with Crippen molar-refractivity contribution in [3.8, 4) is 0 Å². The van der Waals surface area contributed by atoms with Gasteiger partial charge in [-0.15, -0.1) is 0 Å². The molecule has 0 saturated heterocycles. The van der Waals surface area contributed by atoms with E-state index in [1.165, 1.54) is 24.3 Å². The van der Waals surface area contributed by atoms with Crippen LogP contribution in [0.5, 0.6) is 0 Å². The van der Waals surface area contributed by atoms with E-state index in [0.717, 1.165) is 36.8 Å². The third-order valence-corrected chi connectivity index (χ3v) is 7.23. The monoisotopic (exact) mass is 504 g/mol. The molecule has 5 nitrogen and oxygen atoms in total. The van der Waals surface area contributed by atoms with E-state index in [-0.39, 0.29) is 29.4 Å². The van der Waals surface area contributed by atoms with Crippen LogP contribution in [0.25, 0.3) is 0 Å². The molecule has 0 bridgehead atoms. The Morgan fingerprint density at radius 3 is 1.84 bits per heavy atom. The molecular formula is C30H34F2N4O. The lowest BCUT2D eigenvalue weighted by molar-refractivity contribution is 0.0700. The van der Waals surface area contributed by atoms with Crippen LogP contribution in [0.1, 0.15) is 53.1 Å². The van der Waals surface area contributed by atoms with Gasteiger partial charge in [-0.2, -0.15) is 0 Å². The SMILES string of the molecule is NC(N)=NCC1CCC(CN(CC(c2ccc(F)cc2)c2ccc(F)cc2)C(=O)c2ccccc2)CC1. The second-order valence-corrected chi connectivity index (χ2v) is 9.88. The summed E-state index contributed by atoms with van der Waals surface area (Å²) in [6.45, 7) is 1.65. The van der Waals surface area contributed by atoms with E-state index in [4.69, 9.17) is 11.5 Å². The standard InChI is InChI=1S/C30H34F2N4O/c31-26-14-10-23(11-15-26)28(24-12-16-27(32)17-13-24)20-36(29(37)25-4-2-1-3-5-25)19-22-8-6-21(7-9-22)18-35-30(33)34/h1-5,10-17,21-22,28H,6-9,18-20H2,(H4,33,34,35). The first-order chi connectivity index (χ1) is 17.9. The Bertz CT molecular complexity index is 1120. The summed E-state index contributed by atoms with van der Waals surface area (Å²) >= 11 is 0. The third kappa shape index (κ3) is 7.38. The van der Waals surface area contributed by atoms with Gasteiger partial charge in [0.2, 0.25) is 0 Å². The zero-order valence-corrected chi connectivity index (χ0v) is 20.9. The van der Waals surface area contributed by atoms with Gasteiger partial charge in [-0.05, 0) is 85.0 Å². The molecular weight excluding hydrogens is 470 g/mol. The van der Waals surface area contributed by atoms with Crippen molar-refractivity contribution in [2.45, 2.75) is 31.6 Å². The van der Waals surface area contributed by atoms with Crippen LogP contribution in [0.2, 0.25) is 0 Å². The number of carbonyl (C=O) groups excluding carboxylic acids is 1. The number of nitrogens with zero attached hydrogens (tertiary/aromatic N) is 2. The van der Waals surface area contributed by atoms with Gasteiger partial charge >= 0.3 is 0 Å². The van der Waals surface area contributed by atoms with E-state index >= 15 is 0 Å². The van der Waals surface area contributed by atoms with Gasteiger partial charge in [0.05, 0.1) is 0 Å². The Hall–Kier alpha value is -3.74. The minimum absolute atomic E-state index is 0.0440. The molecule has 1 aliphatic rings. The highest BCUT2D eigenvalue weighted by Crippen LogP contribution is 2.32. The lowest BCUT2D eigenvalue weighted by atomic mass is 9.81. The molecule has 0 spiro atoms. The number of halogens is 2. The molecule has 7 heteroatoms. The number of guanidine groups is 1. The molecule has 194 valence electrons. The first-order valence-electron chi connectivity index (χ1n) is 12.8. The molecule has 0 unspecified atom stereocenters. The predicted molar refractivity (Wildman–Crippen MR) is 143 cm³/mol. The molecule has 0 atom stereocenters. The molecule has 4 rings (SSSR count). The molecule has 0 aromatic heterocycles. The molecule has 3 aromatic rings. The lowest BCUT2D eigenvalue weighted by Gasteiger charge is -2.34. The molecule has 1 saturated carbocycles. The van der Waals surface area contributed by atoms with Crippen molar-refractivity contribution in [3.63, 3.8) is 0 Å². The Morgan fingerprint density at radius 2 is 1.32 bits per heavy atom. The number of hydrogen-bond donors (Lipinski definition) is 2. The summed E-state index contributed by atoms with van der Waals surface area (Å²) in [5.74, 6) is -0.000435. The fourth-order valence-corrected chi connectivity index (χ4v) is 5.16. The van der Waals surface area contributed by atoms with Crippen LogP contribution >= 0.6 is 0 Å². The lowest BCUT2D eigenvalue weighted by Crippen LogP contribution is -2.39. The van der Waals surface area contributed by atoms with Crippen LogP contribution in [-0.4, -0.2) is 36.4 Å². The Kier molecular flexibility index (Phi) is 8.88. The number of nitrogens with two attached hydrogens (primary N) is 2. The first-order valence-corrected chi connectivity index (χ1v) is 12.8. The average molecular weight is 505 g/mol. The van der Waals surface area contributed by atoms with Gasteiger partial charge in [-0.3, -0.25) is 9.79 Å². The van der Waals surface area contributed by atoms with Gasteiger partial charge in [0.25, 0.3) is 5.91 Å². The summed E-state index contributed by atoms with van der Waals surface area (Å²) in [7, 11) is 0. The molecule has 0 aliphatic heterocycles. The number of carbonyl (C=O) groups is 1. The van der Waals surface area contributed by atoms with Gasteiger partial charge in [0.1, 0.15) is 11.6 Å². The van der Waals surface area contributed by atoms with Gasteiger partial charge in [-0.1, -0.05) is 42.5 Å². The van der Waals surface area contributed by atoms with Crippen molar-refractivity contribution >= 4 is 11.9 Å². The van der Waals surface area contributed by atoms with Gasteiger partial charge in [-0.25, -0.2) is 8.78 Å². The van der Waals surface area contributed by atoms with E-state index in [9.17, 15) is 13.6 Å². The normalized spacial score (nSPS) is 17.4. The van der Waals surface area contributed by atoms with Crippen molar-refractivity contribution in [3.05, 3.63) is 107 Å². The molecule has 0 heterocycles. The Morgan fingerprint density at radius 1 is 0.811 bits per heavy atom. The van der Waals surface area contributed by atoms with E-state index in [0.29, 0.717) is 37.0 Å². The van der Waals surface area contributed by atoms with Crippen molar-refractivity contribution in [2.75, 3.05) is 19.6 Å². The molecule has 37 heavy (non-hydrogen) atoms. The van der Waals surface area contributed by atoms with Crippen LogP contribution in [0.4, 0.5) is 8.78 Å². The number of amides is 1. The minimum Gasteiger partial charge on any atom is -0.370 e. The van der Waals surface area contributed by atoms with Gasteiger partial charge in [0.15, 0.2) is 5.96 Å². The quantitative estimate of drug-likeness (QED) is 0.306. The fourth-order valence-electron chi connectivity index (χ4n) is 5.16. The van der Waals surface area contributed by atoms with Crippen molar-refractivity contribution in [1.82, 2.24) is 4.90 Å². The van der Waals surface area contributed by atoms with Gasteiger partial charge < -0.3 is 16.4 Å². The largest absolute Gasteiger partial charge is 0.370 e. The van der Waals surface area contributed by atoms with Crippen LogP contribution in [0.15, 0.2) is 83.9 Å². The highest BCUT2D eigenvalue weighted by molar-refractivity contribution is 5.94. The summed E-state index contributed by atoms with van der Waals surface area (Å²) in [5.41, 5.74) is 13.4. The average Bonchev–Trinajstić information content (AvgIpc) is 2.92. The number of rotatable bonds is 9. The summed E-state index contributed by atoms with van der Waals surface area (Å²) in [6.07, 6.45) is 3.99. The summed E-state index contributed by atoms with van der Waals surface area (Å²) < 4.78 is 27.4. The molecule has 3 aromatic carbocycles. The van der Waals surface area contributed by atoms with E-state index in [1.807, 2.05) is 35.2 Å². The van der Waals surface area contributed by atoms with Crippen LogP contribution in [0.3, 0.4) is 0 Å². The smallest absolute Gasteiger partial charge is 0.253 e. The highest BCUT2D eigenvalue weighted by atomic mass is 19.1. The summed E-state index contributed by atoms with van der Waals surface area (Å²) in [5, 5.41) is 0. The fraction of sp³-hybridized carbons (Fsp3) is 0.333. The second kappa shape index (κ2) is 12.5. The maximum Gasteiger partial charge on any atom is 0.253 e. The topological polar surface area (TPSA) is 84.7 Å². The maximum atomic E-state index is 13.7. The first kappa shape index (κ1) is 26.3. The zero-order chi connectivity index (χ0) is 26.2. The van der Waals surface area contributed by atoms with Crippen LogP contribution in [-0.2, 0) is 0 Å².